The van der Waals surface area contributed by atoms with E-state index in [1.807, 2.05) is 0 Å². The van der Waals surface area contributed by atoms with Gasteiger partial charge in [-0.05, 0) is 30.4 Å². The zero-order valence-electron chi connectivity index (χ0n) is 7.99. The van der Waals surface area contributed by atoms with Gasteiger partial charge in [0.05, 0.1) is 16.3 Å². The smallest absolute Gasteiger partial charge is 0.210 e. The number of aromatic nitrogens is 4. The lowest BCUT2D eigenvalue weighted by Gasteiger charge is -2.10. The molecule has 90 valence electrons. The minimum absolute atomic E-state index is 0.0282. The van der Waals surface area contributed by atoms with Crippen molar-refractivity contribution in [2.24, 2.45) is 0 Å². The minimum Gasteiger partial charge on any atom is -0.210 e. The van der Waals surface area contributed by atoms with Gasteiger partial charge in [0.2, 0.25) is 4.77 Å². The predicted molar refractivity (Wildman–Crippen MR) is 56.6 cm³/mol. The third-order valence-corrected chi connectivity index (χ3v) is 2.58. The fourth-order valence-electron chi connectivity index (χ4n) is 1.24. The number of benzene rings is 1. The van der Waals surface area contributed by atoms with Gasteiger partial charge in [-0.3, -0.25) is 0 Å². The van der Waals surface area contributed by atoms with Crippen LogP contribution in [0.3, 0.4) is 0 Å². The molecule has 0 bridgehead atoms. The topological polar surface area (TPSA) is 46.5 Å². The maximum absolute atomic E-state index is 12.6. The molecule has 0 aliphatic rings. The van der Waals surface area contributed by atoms with Gasteiger partial charge in [-0.1, -0.05) is 21.9 Å². The Morgan fingerprint density at radius 2 is 2.06 bits per heavy atom. The fourth-order valence-corrected chi connectivity index (χ4v) is 1.65. The second-order valence-electron chi connectivity index (χ2n) is 3.08. The first kappa shape index (κ1) is 12.1. The predicted octanol–water partition coefficient (Wildman–Crippen LogP) is 3.00. The van der Waals surface area contributed by atoms with Crippen LogP contribution in [-0.2, 0) is 6.18 Å². The van der Waals surface area contributed by atoms with Crippen LogP contribution in [0.2, 0.25) is 5.02 Å². The van der Waals surface area contributed by atoms with Crippen LogP contribution in [0, 0.1) is 4.77 Å². The monoisotopic (exact) mass is 280 g/mol. The third kappa shape index (κ3) is 2.32. The molecule has 0 fully saturated rings. The Hall–Kier alpha value is -1.41. The lowest BCUT2D eigenvalue weighted by Crippen LogP contribution is -2.08. The molecule has 0 atom stereocenters. The Labute approximate surface area is 103 Å². The highest BCUT2D eigenvalue weighted by molar-refractivity contribution is 7.71. The van der Waals surface area contributed by atoms with Gasteiger partial charge in [0.15, 0.2) is 0 Å². The number of nitrogens with zero attached hydrogens (tertiary/aromatic N) is 3. The van der Waals surface area contributed by atoms with E-state index < -0.39 is 11.7 Å². The van der Waals surface area contributed by atoms with Crippen LogP contribution in [0.4, 0.5) is 13.2 Å². The number of alkyl halides is 3. The van der Waals surface area contributed by atoms with Crippen molar-refractivity contribution < 1.29 is 13.2 Å². The van der Waals surface area contributed by atoms with Crippen molar-refractivity contribution in [2.75, 3.05) is 0 Å². The van der Waals surface area contributed by atoms with Gasteiger partial charge in [-0.15, -0.1) is 0 Å². The molecule has 2 aromatic rings. The maximum atomic E-state index is 12.6. The molecular formula is C8H4ClF3N4S. The van der Waals surface area contributed by atoms with Gasteiger partial charge >= 0.3 is 6.18 Å². The van der Waals surface area contributed by atoms with E-state index in [9.17, 15) is 13.2 Å². The zero-order chi connectivity index (χ0) is 12.6. The number of hydrogen-bond acceptors (Lipinski definition) is 3. The summed E-state index contributed by atoms with van der Waals surface area (Å²) in [6.45, 7) is 0. The number of aromatic amines is 1. The summed E-state index contributed by atoms with van der Waals surface area (Å²) in [7, 11) is 0. The van der Waals surface area contributed by atoms with E-state index in [0.717, 1.165) is 16.8 Å². The highest BCUT2D eigenvalue weighted by Gasteiger charge is 2.33. The van der Waals surface area contributed by atoms with Crippen molar-refractivity contribution in [2.45, 2.75) is 6.18 Å². The Morgan fingerprint density at radius 3 is 2.59 bits per heavy atom. The molecule has 1 aromatic carbocycles. The molecule has 4 nitrogen and oxygen atoms in total. The number of H-pyrrole nitrogens is 1. The van der Waals surface area contributed by atoms with Crippen molar-refractivity contribution in [3.63, 3.8) is 0 Å². The second kappa shape index (κ2) is 4.11. The summed E-state index contributed by atoms with van der Waals surface area (Å²) in [5.41, 5.74) is -0.773. The van der Waals surface area contributed by atoms with Crippen molar-refractivity contribution in [1.29, 1.82) is 0 Å². The van der Waals surface area contributed by atoms with Crippen LogP contribution < -0.4 is 0 Å². The fraction of sp³-hybridized carbons (Fsp3) is 0.125. The van der Waals surface area contributed by atoms with Crippen molar-refractivity contribution >= 4 is 23.8 Å². The Balaban J connectivity index is 2.60. The summed E-state index contributed by atoms with van der Waals surface area (Å²) in [6.07, 6.45) is -4.53. The normalized spacial score (nSPS) is 11.8. The summed E-state index contributed by atoms with van der Waals surface area (Å²) in [5.74, 6) is 0. The first-order valence-electron chi connectivity index (χ1n) is 4.27. The molecule has 0 aliphatic heterocycles. The summed E-state index contributed by atoms with van der Waals surface area (Å²) in [6, 6.07) is 3.40. The van der Waals surface area contributed by atoms with Crippen molar-refractivity contribution in [3.05, 3.63) is 33.6 Å². The summed E-state index contributed by atoms with van der Waals surface area (Å²) >= 11 is 10.3. The lowest BCUT2D eigenvalue weighted by atomic mass is 10.2. The number of halogens is 4. The van der Waals surface area contributed by atoms with Crippen LogP contribution >= 0.6 is 23.8 Å². The number of hydrogen-bond donors (Lipinski definition) is 1. The number of nitrogens with one attached hydrogen (secondary N) is 1. The molecule has 0 aliphatic carbocycles. The number of tetrazole rings is 1. The van der Waals surface area contributed by atoms with E-state index in [1.165, 1.54) is 6.07 Å². The van der Waals surface area contributed by atoms with Crippen molar-refractivity contribution in [3.8, 4) is 5.69 Å². The van der Waals surface area contributed by atoms with Crippen LogP contribution in [-0.4, -0.2) is 20.2 Å². The van der Waals surface area contributed by atoms with Gasteiger partial charge in [0.25, 0.3) is 0 Å². The zero-order valence-corrected chi connectivity index (χ0v) is 9.57. The summed E-state index contributed by atoms with van der Waals surface area (Å²) in [5, 5.41) is 8.83. The molecule has 0 unspecified atom stereocenters. The molecule has 0 amide bonds. The molecule has 2 rings (SSSR count). The summed E-state index contributed by atoms with van der Waals surface area (Å²) < 4.78 is 39.0. The standard InChI is InChI=1S/C8H4ClF3N4S/c9-6-2-1-4(3-5(6)8(10,11)12)16-7(17)13-14-15-16/h1-3H,(H,13,15,17). The van der Waals surface area contributed by atoms with E-state index >= 15 is 0 Å². The van der Waals surface area contributed by atoms with Gasteiger partial charge in [-0.25, -0.2) is 4.68 Å². The maximum Gasteiger partial charge on any atom is 0.417 e. The SMILES string of the molecule is FC(F)(F)c1cc(-n2[nH]nnc2=S)ccc1Cl. The average Bonchev–Trinajstić information content (AvgIpc) is 2.63. The Kier molecular flexibility index (Phi) is 2.92. The van der Waals surface area contributed by atoms with Crippen LogP contribution in [0.15, 0.2) is 18.2 Å². The van der Waals surface area contributed by atoms with E-state index in [4.69, 9.17) is 23.8 Å². The first-order chi connectivity index (χ1) is 7.89. The van der Waals surface area contributed by atoms with E-state index in [1.54, 1.807) is 0 Å². The number of rotatable bonds is 1. The van der Waals surface area contributed by atoms with E-state index in [-0.39, 0.29) is 15.5 Å². The molecule has 0 saturated carbocycles. The first-order valence-corrected chi connectivity index (χ1v) is 5.05. The van der Waals surface area contributed by atoms with E-state index in [0.29, 0.717) is 0 Å². The van der Waals surface area contributed by atoms with Crippen molar-refractivity contribution in [1.82, 2.24) is 20.2 Å². The molecule has 17 heavy (non-hydrogen) atoms. The largest absolute Gasteiger partial charge is 0.417 e. The van der Waals surface area contributed by atoms with Crippen LogP contribution in [0.25, 0.3) is 5.69 Å². The highest BCUT2D eigenvalue weighted by atomic mass is 35.5. The van der Waals surface area contributed by atoms with Gasteiger partial charge in [-0.2, -0.15) is 18.4 Å². The molecule has 1 N–H and O–H groups in total. The van der Waals surface area contributed by atoms with Gasteiger partial charge in [0, 0.05) is 0 Å². The lowest BCUT2D eigenvalue weighted by molar-refractivity contribution is -0.137. The molecule has 1 aromatic heterocycles. The van der Waals surface area contributed by atoms with Crippen LogP contribution in [0.1, 0.15) is 5.56 Å². The highest BCUT2D eigenvalue weighted by Crippen LogP contribution is 2.35. The van der Waals surface area contributed by atoms with Crippen LogP contribution in [0.5, 0.6) is 0 Å². The minimum atomic E-state index is -4.53. The molecular weight excluding hydrogens is 277 g/mol. The molecule has 0 saturated heterocycles. The van der Waals surface area contributed by atoms with Gasteiger partial charge in [0.1, 0.15) is 0 Å². The molecule has 0 radical (unpaired) electrons. The van der Waals surface area contributed by atoms with E-state index in [2.05, 4.69) is 15.5 Å². The average molecular weight is 281 g/mol. The summed E-state index contributed by atoms with van der Waals surface area (Å²) in [4.78, 5) is 0. The molecule has 0 spiro atoms. The third-order valence-electron chi connectivity index (χ3n) is 1.99. The second-order valence-corrected chi connectivity index (χ2v) is 3.85. The molecule has 9 heteroatoms. The quantitative estimate of drug-likeness (QED) is 0.817. The Morgan fingerprint density at radius 1 is 1.35 bits per heavy atom. The molecule has 1 heterocycles. The Bertz CT molecular complexity index is 603. The van der Waals surface area contributed by atoms with Gasteiger partial charge < -0.3 is 0 Å².